The molecule has 5 heteroatoms. The van der Waals surface area contributed by atoms with Crippen LogP contribution in [0, 0.1) is 0 Å². The van der Waals surface area contributed by atoms with Gasteiger partial charge in [-0.1, -0.05) is 11.6 Å². The van der Waals surface area contributed by atoms with Crippen LogP contribution in [0.1, 0.15) is 12.8 Å². The van der Waals surface area contributed by atoms with E-state index in [2.05, 4.69) is 30.8 Å². The summed E-state index contributed by atoms with van der Waals surface area (Å²) in [4.78, 5) is 10.2. The Labute approximate surface area is 90.3 Å². The summed E-state index contributed by atoms with van der Waals surface area (Å²) >= 11 is 9.24. The molecule has 0 bridgehead atoms. The molecule has 1 aliphatic rings. The molecule has 13 heavy (non-hydrogen) atoms. The van der Waals surface area contributed by atoms with Crippen molar-refractivity contribution >= 4 is 33.3 Å². The van der Waals surface area contributed by atoms with Gasteiger partial charge in [0, 0.05) is 13.1 Å². The Morgan fingerprint density at radius 3 is 2.85 bits per heavy atom. The zero-order chi connectivity index (χ0) is 9.42. The van der Waals surface area contributed by atoms with E-state index in [9.17, 15) is 0 Å². The fourth-order valence-corrected chi connectivity index (χ4v) is 1.83. The van der Waals surface area contributed by atoms with Crippen molar-refractivity contribution in [1.82, 2.24) is 9.97 Å². The molecule has 1 fully saturated rings. The molecule has 1 heterocycles. The van der Waals surface area contributed by atoms with Gasteiger partial charge in [0.1, 0.15) is 17.3 Å². The second kappa shape index (κ2) is 3.42. The highest BCUT2D eigenvalue weighted by Crippen LogP contribution is 2.35. The van der Waals surface area contributed by atoms with E-state index in [4.69, 9.17) is 11.6 Å². The van der Waals surface area contributed by atoms with Crippen LogP contribution in [-0.4, -0.2) is 23.1 Å². The first kappa shape index (κ1) is 9.21. The summed E-state index contributed by atoms with van der Waals surface area (Å²) in [7, 11) is 2.03. The Morgan fingerprint density at radius 2 is 2.23 bits per heavy atom. The summed E-state index contributed by atoms with van der Waals surface area (Å²) in [5, 5.41) is 0.470. The molecule has 0 atom stereocenters. The average molecular weight is 263 g/mol. The van der Waals surface area contributed by atoms with E-state index < -0.39 is 0 Å². The van der Waals surface area contributed by atoms with Crippen molar-refractivity contribution in [3.05, 3.63) is 16.0 Å². The van der Waals surface area contributed by atoms with Crippen LogP contribution in [0.5, 0.6) is 0 Å². The van der Waals surface area contributed by atoms with Crippen molar-refractivity contribution in [2.75, 3.05) is 11.9 Å². The quantitative estimate of drug-likeness (QED) is 0.767. The van der Waals surface area contributed by atoms with Crippen molar-refractivity contribution in [3.8, 4) is 0 Å². The van der Waals surface area contributed by atoms with Crippen LogP contribution in [-0.2, 0) is 0 Å². The molecule has 3 nitrogen and oxygen atoms in total. The molecule has 0 unspecified atom stereocenters. The van der Waals surface area contributed by atoms with E-state index in [1.165, 1.54) is 19.2 Å². The maximum Gasteiger partial charge on any atom is 0.148 e. The Bertz CT molecular complexity index is 327. The van der Waals surface area contributed by atoms with E-state index in [1.807, 2.05) is 7.05 Å². The van der Waals surface area contributed by atoms with Gasteiger partial charge in [-0.15, -0.1) is 0 Å². The Hall–Kier alpha value is -0.350. The first-order chi connectivity index (χ1) is 6.20. The van der Waals surface area contributed by atoms with Gasteiger partial charge in [-0.3, -0.25) is 0 Å². The molecule has 1 aromatic heterocycles. The van der Waals surface area contributed by atoms with E-state index in [0.29, 0.717) is 11.2 Å². The first-order valence-corrected chi connectivity index (χ1v) is 5.26. The molecule has 1 aromatic rings. The number of anilines is 1. The zero-order valence-corrected chi connectivity index (χ0v) is 9.51. The SMILES string of the molecule is CN(c1ncnc(Cl)c1Br)C1CC1. The molecular weight excluding hydrogens is 253 g/mol. The highest BCUT2D eigenvalue weighted by Gasteiger charge is 2.28. The van der Waals surface area contributed by atoms with Gasteiger partial charge < -0.3 is 4.90 Å². The summed E-state index contributed by atoms with van der Waals surface area (Å²) in [5.74, 6) is 0.877. The zero-order valence-electron chi connectivity index (χ0n) is 7.17. The molecular formula is C8H9BrClN3. The van der Waals surface area contributed by atoms with Gasteiger partial charge in [-0.25, -0.2) is 9.97 Å². The van der Waals surface area contributed by atoms with E-state index in [-0.39, 0.29) is 0 Å². The third kappa shape index (κ3) is 1.79. The van der Waals surface area contributed by atoms with Crippen molar-refractivity contribution < 1.29 is 0 Å². The topological polar surface area (TPSA) is 29.0 Å². The molecule has 70 valence electrons. The summed E-state index contributed by atoms with van der Waals surface area (Å²) in [5.41, 5.74) is 0. The lowest BCUT2D eigenvalue weighted by atomic mass is 10.5. The summed E-state index contributed by atoms with van der Waals surface area (Å²) < 4.78 is 0.783. The van der Waals surface area contributed by atoms with Crippen LogP contribution >= 0.6 is 27.5 Å². The number of hydrogen-bond donors (Lipinski definition) is 0. The van der Waals surface area contributed by atoms with Gasteiger partial charge in [0.05, 0.1) is 4.47 Å². The molecule has 2 rings (SSSR count). The van der Waals surface area contributed by atoms with Crippen molar-refractivity contribution in [2.45, 2.75) is 18.9 Å². The molecule has 0 saturated heterocycles. The van der Waals surface area contributed by atoms with Crippen LogP contribution in [0.3, 0.4) is 0 Å². The lowest BCUT2D eigenvalue weighted by molar-refractivity contribution is 0.880. The van der Waals surface area contributed by atoms with Crippen LogP contribution < -0.4 is 4.90 Å². The fourth-order valence-electron chi connectivity index (χ4n) is 1.22. The van der Waals surface area contributed by atoms with Crippen LogP contribution in [0.2, 0.25) is 5.15 Å². The molecule has 1 saturated carbocycles. The predicted molar refractivity (Wildman–Crippen MR) is 56.2 cm³/mol. The summed E-state index contributed by atoms with van der Waals surface area (Å²) in [6, 6.07) is 0.627. The number of halogens is 2. The van der Waals surface area contributed by atoms with Crippen molar-refractivity contribution in [1.29, 1.82) is 0 Å². The Kier molecular flexibility index (Phi) is 2.43. The van der Waals surface area contributed by atoms with Gasteiger partial charge in [0.25, 0.3) is 0 Å². The lowest BCUT2D eigenvalue weighted by Gasteiger charge is -2.18. The van der Waals surface area contributed by atoms with Gasteiger partial charge >= 0.3 is 0 Å². The largest absolute Gasteiger partial charge is 0.356 e. The molecule has 1 aliphatic carbocycles. The average Bonchev–Trinajstić information content (AvgIpc) is 2.91. The number of rotatable bonds is 2. The standard InChI is InChI=1S/C8H9BrClN3/c1-13(5-2-3-5)8-6(9)7(10)11-4-12-8/h4-5H,2-3H2,1H3. The van der Waals surface area contributed by atoms with Crippen LogP contribution in [0.4, 0.5) is 5.82 Å². The second-order valence-electron chi connectivity index (χ2n) is 3.14. The summed E-state index contributed by atoms with van der Waals surface area (Å²) in [6.45, 7) is 0. The van der Waals surface area contributed by atoms with Gasteiger partial charge in [-0.2, -0.15) is 0 Å². The lowest BCUT2D eigenvalue weighted by Crippen LogP contribution is -2.21. The number of nitrogens with zero attached hydrogens (tertiary/aromatic N) is 3. The molecule has 0 radical (unpaired) electrons. The van der Waals surface area contributed by atoms with Crippen molar-refractivity contribution in [3.63, 3.8) is 0 Å². The van der Waals surface area contributed by atoms with Gasteiger partial charge in [0.15, 0.2) is 0 Å². The van der Waals surface area contributed by atoms with Crippen LogP contribution in [0.25, 0.3) is 0 Å². The maximum atomic E-state index is 5.86. The van der Waals surface area contributed by atoms with E-state index in [1.54, 1.807) is 0 Å². The fraction of sp³-hybridized carbons (Fsp3) is 0.500. The Balaban J connectivity index is 2.32. The monoisotopic (exact) mass is 261 g/mol. The molecule has 0 N–H and O–H groups in total. The number of aromatic nitrogens is 2. The second-order valence-corrected chi connectivity index (χ2v) is 4.30. The minimum Gasteiger partial charge on any atom is -0.356 e. The van der Waals surface area contributed by atoms with Gasteiger partial charge in [-0.05, 0) is 28.8 Å². The first-order valence-electron chi connectivity index (χ1n) is 4.09. The third-order valence-corrected chi connectivity index (χ3v) is 3.40. The van der Waals surface area contributed by atoms with Crippen molar-refractivity contribution in [2.24, 2.45) is 0 Å². The normalized spacial score (nSPS) is 15.9. The highest BCUT2D eigenvalue weighted by molar-refractivity contribution is 9.10. The molecule has 0 aliphatic heterocycles. The van der Waals surface area contributed by atoms with E-state index in [0.717, 1.165) is 10.3 Å². The number of hydrogen-bond acceptors (Lipinski definition) is 3. The minimum absolute atomic E-state index is 0.470. The smallest absolute Gasteiger partial charge is 0.148 e. The van der Waals surface area contributed by atoms with Crippen LogP contribution in [0.15, 0.2) is 10.8 Å². The molecule has 0 amide bonds. The minimum atomic E-state index is 0.470. The maximum absolute atomic E-state index is 5.86. The highest BCUT2D eigenvalue weighted by atomic mass is 79.9. The summed E-state index contributed by atoms with van der Waals surface area (Å²) in [6.07, 6.45) is 3.97. The van der Waals surface area contributed by atoms with Gasteiger partial charge in [0.2, 0.25) is 0 Å². The predicted octanol–water partition coefficient (Wildman–Crippen LogP) is 2.49. The van der Waals surface area contributed by atoms with E-state index >= 15 is 0 Å². The third-order valence-electron chi connectivity index (χ3n) is 2.16. The Morgan fingerprint density at radius 1 is 1.54 bits per heavy atom. The molecule has 0 spiro atoms. The molecule has 0 aromatic carbocycles.